The molecule has 1 aliphatic rings. The van der Waals surface area contributed by atoms with Gasteiger partial charge in [0.05, 0.1) is 6.61 Å². The maximum atomic E-state index is 5.78. The van der Waals surface area contributed by atoms with Crippen molar-refractivity contribution in [2.45, 2.75) is 12.8 Å². The molecular formula is C12H16INO. The molecule has 1 fully saturated rings. The van der Waals surface area contributed by atoms with Gasteiger partial charge < -0.3 is 10.1 Å². The van der Waals surface area contributed by atoms with Crippen molar-refractivity contribution in [3.05, 3.63) is 27.8 Å². The standard InChI is InChI=1S/C12H16INO/c13-11-4-1-5-12(7-11)15-9-10-3-2-6-14-8-10/h1,4-5,7,10,14H,2-3,6,8-9H2/t10-/m0/s1. The van der Waals surface area contributed by atoms with E-state index in [1.54, 1.807) is 0 Å². The third-order valence-corrected chi connectivity index (χ3v) is 3.35. The minimum Gasteiger partial charge on any atom is -0.493 e. The first-order valence-electron chi connectivity index (χ1n) is 5.44. The zero-order chi connectivity index (χ0) is 10.5. The number of piperidine rings is 1. The van der Waals surface area contributed by atoms with Gasteiger partial charge in [-0.25, -0.2) is 0 Å². The van der Waals surface area contributed by atoms with E-state index in [1.807, 2.05) is 12.1 Å². The largest absolute Gasteiger partial charge is 0.493 e. The van der Waals surface area contributed by atoms with Crippen LogP contribution in [0.4, 0.5) is 0 Å². The van der Waals surface area contributed by atoms with Crippen molar-refractivity contribution in [1.29, 1.82) is 0 Å². The van der Waals surface area contributed by atoms with Crippen LogP contribution < -0.4 is 10.1 Å². The predicted molar refractivity (Wildman–Crippen MR) is 70.2 cm³/mol. The topological polar surface area (TPSA) is 21.3 Å². The van der Waals surface area contributed by atoms with Crippen LogP contribution in [0.5, 0.6) is 5.75 Å². The van der Waals surface area contributed by atoms with Crippen LogP contribution in [0.3, 0.4) is 0 Å². The van der Waals surface area contributed by atoms with Crippen LogP contribution in [-0.2, 0) is 0 Å². The summed E-state index contributed by atoms with van der Waals surface area (Å²) in [6.45, 7) is 3.11. The Labute approximate surface area is 105 Å². The summed E-state index contributed by atoms with van der Waals surface area (Å²) in [7, 11) is 0. The van der Waals surface area contributed by atoms with Crippen molar-refractivity contribution in [2.75, 3.05) is 19.7 Å². The molecule has 1 heterocycles. The predicted octanol–water partition coefficient (Wildman–Crippen LogP) is 2.67. The van der Waals surface area contributed by atoms with E-state index in [9.17, 15) is 0 Å². The van der Waals surface area contributed by atoms with Gasteiger partial charge in [0.2, 0.25) is 0 Å². The van der Waals surface area contributed by atoms with E-state index in [0.29, 0.717) is 5.92 Å². The summed E-state index contributed by atoms with van der Waals surface area (Å²) in [5.41, 5.74) is 0. The fraction of sp³-hybridized carbons (Fsp3) is 0.500. The third kappa shape index (κ3) is 3.65. The molecule has 15 heavy (non-hydrogen) atoms. The number of halogens is 1. The Kier molecular flexibility index (Phi) is 4.26. The molecule has 82 valence electrons. The van der Waals surface area contributed by atoms with Crippen molar-refractivity contribution in [3.8, 4) is 5.75 Å². The lowest BCUT2D eigenvalue weighted by Crippen LogP contribution is -2.33. The van der Waals surface area contributed by atoms with Gasteiger partial charge in [0.25, 0.3) is 0 Å². The normalized spacial score (nSPS) is 21.3. The second kappa shape index (κ2) is 5.70. The van der Waals surface area contributed by atoms with Gasteiger partial charge in [-0.05, 0) is 60.2 Å². The molecule has 1 aromatic carbocycles. The second-order valence-electron chi connectivity index (χ2n) is 3.98. The first-order chi connectivity index (χ1) is 7.34. The van der Waals surface area contributed by atoms with E-state index < -0.39 is 0 Å². The van der Waals surface area contributed by atoms with E-state index in [2.05, 4.69) is 40.0 Å². The van der Waals surface area contributed by atoms with Crippen LogP contribution in [0.1, 0.15) is 12.8 Å². The zero-order valence-electron chi connectivity index (χ0n) is 8.71. The quantitative estimate of drug-likeness (QED) is 0.866. The van der Waals surface area contributed by atoms with Gasteiger partial charge in [-0.3, -0.25) is 0 Å². The van der Waals surface area contributed by atoms with Gasteiger partial charge in [0.1, 0.15) is 5.75 Å². The van der Waals surface area contributed by atoms with Crippen molar-refractivity contribution in [3.63, 3.8) is 0 Å². The third-order valence-electron chi connectivity index (χ3n) is 2.68. The number of rotatable bonds is 3. The average Bonchev–Trinajstić information content (AvgIpc) is 2.28. The molecule has 0 saturated carbocycles. The fourth-order valence-electron chi connectivity index (χ4n) is 1.84. The number of hydrogen-bond donors (Lipinski definition) is 1. The molecular weight excluding hydrogens is 301 g/mol. The molecule has 0 spiro atoms. The molecule has 0 aliphatic carbocycles. The maximum absolute atomic E-state index is 5.78. The second-order valence-corrected chi connectivity index (χ2v) is 5.23. The summed E-state index contributed by atoms with van der Waals surface area (Å²) in [4.78, 5) is 0. The Morgan fingerprint density at radius 3 is 3.13 bits per heavy atom. The molecule has 0 bridgehead atoms. The van der Waals surface area contributed by atoms with Crippen LogP contribution in [0.2, 0.25) is 0 Å². The minimum absolute atomic E-state index is 0.677. The summed E-state index contributed by atoms with van der Waals surface area (Å²) in [5, 5.41) is 3.40. The highest BCUT2D eigenvalue weighted by atomic mass is 127. The molecule has 2 nitrogen and oxygen atoms in total. The highest BCUT2D eigenvalue weighted by Crippen LogP contribution is 2.17. The molecule has 1 atom stereocenters. The Morgan fingerprint density at radius 2 is 2.40 bits per heavy atom. The van der Waals surface area contributed by atoms with E-state index in [4.69, 9.17) is 4.74 Å². The SMILES string of the molecule is Ic1cccc(OC[C@H]2CCCNC2)c1. The number of hydrogen-bond acceptors (Lipinski definition) is 2. The Bertz CT molecular complexity index is 310. The van der Waals surface area contributed by atoms with Gasteiger partial charge in [0.15, 0.2) is 0 Å². The summed E-state index contributed by atoms with van der Waals surface area (Å²) in [5.74, 6) is 1.67. The molecule has 0 aromatic heterocycles. The Morgan fingerprint density at radius 1 is 1.47 bits per heavy atom. The molecule has 1 saturated heterocycles. The molecule has 0 unspecified atom stereocenters. The van der Waals surface area contributed by atoms with Crippen molar-refractivity contribution in [2.24, 2.45) is 5.92 Å². The van der Waals surface area contributed by atoms with E-state index in [-0.39, 0.29) is 0 Å². The molecule has 1 aromatic rings. The van der Waals surface area contributed by atoms with Crippen LogP contribution in [0.15, 0.2) is 24.3 Å². The van der Waals surface area contributed by atoms with Crippen molar-refractivity contribution in [1.82, 2.24) is 5.32 Å². The monoisotopic (exact) mass is 317 g/mol. The van der Waals surface area contributed by atoms with E-state index in [1.165, 1.54) is 23.0 Å². The fourth-order valence-corrected chi connectivity index (χ4v) is 2.35. The maximum Gasteiger partial charge on any atom is 0.120 e. The summed E-state index contributed by atoms with van der Waals surface area (Å²) >= 11 is 2.31. The molecule has 1 N–H and O–H groups in total. The van der Waals surface area contributed by atoms with Gasteiger partial charge in [-0.1, -0.05) is 6.07 Å². The molecule has 3 heteroatoms. The number of nitrogens with one attached hydrogen (secondary N) is 1. The summed E-state index contributed by atoms with van der Waals surface area (Å²) in [6.07, 6.45) is 2.57. The van der Waals surface area contributed by atoms with E-state index >= 15 is 0 Å². The average molecular weight is 317 g/mol. The smallest absolute Gasteiger partial charge is 0.120 e. The van der Waals surface area contributed by atoms with Crippen LogP contribution in [0, 0.1) is 9.49 Å². The lowest BCUT2D eigenvalue weighted by atomic mass is 10.0. The van der Waals surface area contributed by atoms with Gasteiger partial charge in [0, 0.05) is 16.0 Å². The molecule has 1 aliphatic heterocycles. The lowest BCUT2D eigenvalue weighted by molar-refractivity contribution is 0.218. The van der Waals surface area contributed by atoms with Gasteiger partial charge in [-0.15, -0.1) is 0 Å². The molecule has 2 rings (SSSR count). The van der Waals surface area contributed by atoms with Crippen LogP contribution >= 0.6 is 22.6 Å². The Balaban J connectivity index is 1.81. The number of ether oxygens (including phenoxy) is 1. The number of benzene rings is 1. The van der Waals surface area contributed by atoms with Crippen LogP contribution in [0.25, 0.3) is 0 Å². The van der Waals surface area contributed by atoms with E-state index in [0.717, 1.165) is 18.9 Å². The lowest BCUT2D eigenvalue weighted by Gasteiger charge is -2.22. The first-order valence-corrected chi connectivity index (χ1v) is 6.51. The first kappa shape index (κ1) is 11.2. The van der Waals surface area contributed by atoms with Gasteiger partial charge in [-0.2, -0.15) is 0 Å². The molecule has 0 radical (unpaired) electrons. The zero-order valence-corrected chi connectivity index (χ0v) is 10.9. The van der Waals surface area contributed by atoms with Gasteiger partial charge >= 0.3 is 0 Å². The van der Waals surface area contributed by atoms with Crippen molar-refractivity contribution >= 4 is 22.6 Å². The highest BCUT2D eigenvalue weighted by molar-refractivity contribution is 14.1. The Hall–Kier alpha value is -0.290. The van der Waals surface area contributed by atoms with Crippen molar-refractivity contribution < 1.29 is 4.74 Å². The minimum atomic E-state index is 0.677. The molecule has 0 amide bonds. The van der Waals surface area contributed by atoms with Crippen LogP contribution in [-0.4, -0.2) is 19.7 Å². The summed E-state index contributed by atoms with van der Waals surface area (Å²) < 4.78 is 7.01. The highest BCUT2D eigenvalue weighted by Gasteiger charge is 2.13. The summed E-state index contributed by atoms with van der Waals surface area (Å²) in [6, 6.07) is 8.22.